The van der Waals surface area contributed by atoms with Gasteiger partial charge in [-0.2, -0.15) is 12.5 Å². The molecule has 1 N–H and O–H groups in total. The number of unbranched alkanes of at least 4 members (excludes halogenated alkanes) is 2. The number of aliphatic carboxylic acids is 1. The SMILES string of the molecule is [CH2-]CCN(CCCCCC(=O)O)c1ccc2cc(-c3[c-]cc(S(=O)(=O)[O-])s3)c(=O)oc2c1.[Na+].[Na+].[Na+]. The van der Waals surface area contributed by atoms with E-state index < -0.39 is 25.9 Å². The summed E-state index contributed by atoms with van der Waals surface area (Å²) in [5.74, 6) is -0.797. The molecular formula is C22H22NNa3O7S2. The Hall–Kier alpha value is 0.310. The molecule has 3 aromatic rings. The van der Waals surface area contributed by atoms with Gasteiger partial charge in [0.05, 0.1) is 10.1 Å². The van der Waals surface area contributed by atoms with Crippen LogP contribution in [0.4, 0.5) is 5.69 Å². The van der Waals surface area contributed by atoms with Crippen molar-refractivity contribution in [2.75, 3.05) is 18.0 Å². The first-order valence-corrected chi connectivity index (χ1v) is 12.2. The summed E-state index contributed by atoms with van der Waals surface area (Å²) in [6.07, 6.45) is 3.08. The monoisotopic (exact) mass is 545 g/mol. The molecule has 13 heteroatoms. The Morgan fingerprint density at radius 1 is 1.14 bits per heavy atom. The average molecular weight is 546 g/mol. The summed E-state index contributed by atoms with van der Waals surface area (Å²) in [5.41, 5.74) is 0.722. The summed E-state index contributed by atoms with van der Waals surface area (Å²) in [7, 11) is -4.62. The molecule has 0 aliphatic carbocycles. The number of rotatable bonds is 11. The van der Waals surface area contributed by atoms with Crippen LogP contribution in [0.1, 0.15) is 32.1 Å². The van der Waals surface area contributed by atoms with Crippen molar-refractivity contribution in [3.05, 3.63) is 53.7 Å². The molecule has 0 atom stereocenters. The summed E-state index contributed by atoms with van der Waals surface area (Å²) >= 11 is 0.677. The van der Waals surface area contributed by atoms with Crippen LogP contribution in [0.2, 0.25) is 0 Å². The Balaban J connectivity index is 0.00000385. The van der Waals surface area contributed by atoms with Crippen LogP contribution in [0.15, 0.2) is 43.8 Å². The van der Waals surface area contributed by atoms with Crippen molar-refractivity contribution in [1.29, 1.82) is 0 Å². The van der Waals surface area contributed by atoms with Crippen LogP contribution in [0.25, 0.3) is 21.4 Å². The number of nitrogens with zero attached hydrogens (tertiary/aromatic N) is 1. The second kappa shape index (κ2) is 16.3. The van der Waals surface area contributed by atoms with Gasteiger partial charge >= 0.3 is 94.6 Å². The van der Waals surface area contributed by atoms with Gasteiger partial charge in [0.25, 0.3) is 5.63 Å². The van der Waals surface area contributed by atoms with Crippen molar-refractivity contribution in [2.24, 2.45) is 0 Å². The Morgan fingerprint density at radius 3 is 2.46 bits per heavy atom. The third-order valence-electron chi connectivity index (χ3n) is 4.85. The normalized spacial score (nSPS) is 10.7. The van der Waals surface area contributed by atoms with Crippen molar-refractivity contribution in [3.8, 4) is 10.4 Å². The summed E-state index contributed by atoms with van der Waals surface area (Å²) in [6.45, 7) is 5.32. The van der Waals surface area contributed by atoms with Crippen LogP contribution in [0.3, 0.4) is 0 Å². The van der Waals surface area contributed by atoms with E-state index in [-0.39, 0.29) is 106 Å². The first-order chi connectivity index (χ1) is 15.2. The fourth-order valence-corrected chi connectivity index (χ4v) is 4.86. The van der Waals surface area contributed by atoms with Gasteiger partial charge in [0, 0.05) is 34.3 Å². The van der Waals surface area contributed by atoms with Crippen LogP contribution < -0.4 is 99.2 Å². The van der Waals surface area contributed by atoms with E-state index in [1.54, 1.807) is 18.2 Å². The second-order valence-electron chi connectivity index (χ2n) is 7.21. The number of carboxylic acids is 1. The first kappa shape index (κ1) is 35.3. The fourth-order valence-electron chi connectivity index (χ4n) is 3.31. The smallest absolute Gasteiger partial charge is 0.753 e. The molecule has 0 aliphatic heterocycles. The summed E-state index contributed by atoms with van der Waals surface area (Å²) in [5, 5.41) is 9.39. The molecule has 0 saturated heterocycles. The number of carbonyl (C=O) groups is 1. The molecular weight excluding hydrogens is 523 g/mol. The van der Waals surface area contributed by atoms with E-state index in [9.17, 15) is 22.6 Å². The maximum Gasteiger partial charge on any atom is 1.00 e. The van der Waals surface area contributed by atoms with E-state index in [1.807, 2.05) is 6.07 Å². The van der Waals surface area contributed by atoms with E-state index >= 15 is 0 Å². The Kier molecular flexibility index (Phi) is 16.5. The number of carboxylic acid groups (broad SMARTS) is 1. The van der Waals surface area contributed by atoms with Gasteiger partial charge in [-0.15, -0.1) is 6.07 Å². The molecule has 8 nitrogen and oxygen atoms in total. The molecule has 1 aromatic carbocycles. The molecule has 0 bridgehead atoms. The standard InChI is InChI=1S/C22H23NO7S2.3Na/c1-2-11-23(12-5-3-4-6-20(24)25)16-8-7-15-13-17(22(26)30-18(15)14-16)19-9-10-21(31-19)32(27,28)29;;;/h7-8,10,13-14H,1-6,11-12H2,(H,24,25)(H,27,28,29);;;/q-2;3*+1/p-1. The van der Waals surface area contributed by atoms with E-state index in [4.69, 9.17) is 9.52 Å². The maximum atomic E-state index is 12.5. The minimum Gasteiger partial charge on any atom is -0.753 e. The largest absolute Gasteiger partial charge is 1.00 e. The zero-order valence-corrected chi connectivity index (χ0v) is 27.8. The molecule has 0 fully saturated rings. The van der Waals surface area contributed by atoms with E-state index in [0.717, 1.165) is 31.1 Å². The second-order valence-corrected chi connectivity index (χ2v) is 9.87. The van der Waals surface area contributed by atoms with Crippen molar-refractivity contribution in [1.82, 2.24) is 0 Å². The van der Waals surface area contributed by atoms with Crippen LogP contribution in [0, 0.1) is 13.0 Å². The van der Waals surface area contributed by atoms with Gasteiger partial charge in [0.2, 0.25) is 0 Å². The molecule has 0 unspecified atom stereocenters. The van der Waals surface area contributed by atoms with Crippen LogP contribution in [-0.4, -0.2) is 37.1 Å². The molecule has 0 aliphatic rings. The molecule has 2 aromatic heterocycles. The third-order valence-corrected chi connectivity index (χ3v) is 7.18. The molecule has 0 spiro atoms. The molecule has 2 heterocycles. The van der Waals surface area contributed by atoms with E-state index in [2.05, 4.69) is 17.9 Å². The molecule has 0 amide bonds. The zero-order chi connectivity index (χ0) is 23.3. The first-order valence-electron chi connectivity index (χ1n) is 10.0. The van der Waals surface area contributed by atoms with Gasteiger partial charge < -0.3 is 25.9 Å². The van der Waals surface area contributed by atoms with Gasteiger partial charge in [-0.3, -0.25) is 9.59 Å². The molecule has 0 radical (unpaired) electrons. The molecule has 35 heavy (non-hydrogen) atoms. The molecule has 0 saturated carbocycles. The number of anilines is 1. The number of fused-ring (bicyclic) bond motifs is 1. The van der Waals surface area contributed by atoms with E-state index in [1.165, 1.54) is 0 Å². The summed E-state index contributed by atoms with van der Waals surface area (Å²) in [6, 6.07) is 10.8. The Bertz CT molecular complexity index is 1280. The quantitative estimate of drug-likeness (QED) is 0.0834. The summed E-state index contributed by atoms with van der Waals surface area (Å²) in [4.78, 5) is 25.5. The van der Waals surface area contributed by atoms with Crippen LogP contribution in [0.5, 0.6) is 0 Å². The fraction of sp³-hybridized carbons (Fsp3) is 0.318. The van der Waals surface area contributed by atoms with Crippen molar-refractivity contribution in [2.45, 2.75) is 36.3 Å². The zero-order valence-electron chi connectivity index (χ0n) is 20.2. The third kappa shape index (κ3) is 10.2. The maximum absolute atomic E-state index is 12.5. The number of thiophene rings is 1. The van der Waals surface area contributed by atoms with Gasteiger partial charge in [-0.1, -0.05) is 23.4 Å². The minimum absolute atomic E-state index is 0. The number of hydrogen-bond donors (Lipinski definition) is 1. The average Bonchev–Trinajstić information content (AvgIpc) is 3.22. The van der Waals surface area contributed by atoms with Gasteiger partial charge in [-0.05, 0) is 31.0 Å². The van der Waals surface area contributed by atoms with Crippen molar-refractivity contribution in [3.63, 3.8) is 0 Å². The van der Waals surface area contributed by atoms with Crippen LogP contribution >= 0.6 is 11.3 Å². The Morgan fingerprint density at radius 2 is 1.86 bits per heavy atom. The number of benzene rings is 1. The predicted octanol–water partition coefficient (Wildman–Crippen LogP) is -5.09. The molecule has 172 valence electrons. The number of hydrogen-bond acceptors (Lipinski definition) is 8. The van der Waals surface area contributed by atoms with E-state index in [0.29, 0.717) is 41.7 Å². The van der Waals surface area contributed by atoms with Crippen LogP contribution in [-0.2, 0) is 14.9 Å². The minimum atomic E-state index is -4.62. The topological polar surface area (TPSA) is 128 Å². The summed E-state index contributed by atoms with van der Waals surface area (Å²) < 4.78 is 38.6. The Labute approximate surface area is 275 Å². The van der Waals surface area contributed by atoms with Gasteiger partial charge in [-0.25, -0.2) is 19.8 Å². The predicted molar refractivity (Wildman–Crippen MR) is 121 cm³/mol. The van der Waals surface area contributed by atoms with Crippen molar-refractivity contribution >= 4 is 44.1 Å². The van der Waals surface area contributed by atoms with Gasteiger partial charge in [0.1, 0.15) is 5.58 Å². The van der Waals surface area contributed by atoms with Gasteiger partial charge in [0.15, 0.2) is 0 Å². The van der Waals surface area contributed by atoms with Crippen molar-refractivity contribution < 1.29 is 116 Å². The molecule has 3 rings (SSSR count).